The van der Waals surface area contributed by atoms with Crippen LogP contribution in [0.1, 0.15) is 78.6 Å². The predicted molar refractivity (Wildman–Crippen MR) is 93.4 cm³/mol. The summed E-state index contributed by atoms with van der Waals surface area (Å²) in [5, 5.41) is 21.5. The average Bonchev–Trinajstić information content (AvgIpc) is 2.86. The fourth-order valence-corrected chi connectivity index (χ4v) is 7.90. The number of aliphatic hydroxyl groups is 2. The number of hydrogen-bond acceptors (Lipinski definition) is 3. The van der Waals surface area contributed by atoms with Gasteiger partial charge in [-0.15, -0.1) is 0 Å². The normalized spacial score (nSPS) is 57.0. The number of aliphatic hydroxyl groups excluding tert-OH is 1. The Morgan fingerprint density at radius 2 is 1.71 bits per heavy atom. The van der Waals surface area contributed by atoms with E-state index in [-0.39, 0.29) is 22.9 Å². The largest absolute Gasteiger partial charge is 0.393 e. The summed E-state index contributed by atoms with van der Waals surface area (Å²) in [5.74, 6) is 2.52. The zero-order valence-electron chi connectivity index (χ0n) is 15.6. The zero-order valence-corrected chi connectivity index (χ0v) is 15.6. The number of fused-ring (bicyclic) bond motifs is 5. The van der Waals surface area contributed by atoms with Gasteiger partial charge in [-0.2, -0.15) is 0 Å². The van der Waals surface area contributed by atoms with Gasteiger partial charge < -0.3 is 10.2 Å². The standard InChI is InChI=1S/C21H34O3/c1-13(22)16-4-5-17-15-7-11-21(24)12-14(23)6-10-20(21,3)18(15)8-9-19(16,17)2/h14-18,23-24H,4-12H2,1-3H3/t14-,15+,16-,17+,18+,19-,20-,21+/m1/s1. The molecular formula is C21H34O3. The highest BCUT2D eigenvalue weighted by Crippen LogP contribution is 2.68. The smallest absolute Gasteiger partial charge is 0.133 e. The van der Waals surface area contributed by atoms with E-state index in [1.807, 2.05) is 0 Å². The molecule has 0 heterocycles. The van der Waals surface area contributed by atoms with Crippen LogP contribution in [0.25, 0.3) is 0 Å². The molecule has 136 valence electrons. The number of carbonyl (C=O) groups excluding carboxylic acids is 1. The Hall–Kier alpha value is -0.410. The molecule has 0 aromatic carbocycles. The summed E-state index contributed by atoms with van der Waals surface area (Å²) < 4.78 is 0. The van der Waals surface area contributed by atoms with E-state index >= 15 is 0 Å². The molecule has 4 saturated carbocycles. The molecule has 0 amide bonds. The minimum absolute atomic E-state index is 0.0508. The van der Waals surface area contributed by atoms with Crippen LogP contribution in [0.15, 0.2) is 0 Å². The Kier molecular flexibility index (Phi) is 3.76. The molecule has 0 aromatic rings. The molecule has 0 aliphatic heterocycles. The zero-order chi connectivity index (χ0) is 17.3. The molecule has 8 atom stereocenters. The molecular weight excluding hydrogens is 300 g/mol. The van der Waals surface area contributed by atoms with Crippen molar-refractivity contribution in [2.45, 2.75) is 90.3 Å². The maximum Gasteiger partial charge on any atom is 0.133 e. The van der Waals surface area contributed by atoms with Gasteiger partial charge in [0.05, 0.1) is 11.7 Å². The van der Waals surface area contributed by atoms with Crippen molar-refractivity contribution in [3.05, 3.63) is 0 Å². The van der Waals surface area contributed by atoms with E-state index < -0.39 is 5.60 Å². The minimum atomic E-state index is -0.682. The van der Waals surface area contributed by atoms with Gasteiger partial charge in [0, 0.05) is 12.3 Å². The molecule has 0 radical (unpaired) electrons. The molecule has 0 saturated heterocycles. The number of hydrogen-bond donors (Lipinski definition) is 2. The van der Waals surface area contributed by atoms with Gasteiger partial charge in [-0.05, 0) is 86.9 Å². The summed E-state index contributed by atoms with van der Waals surface area (Å²) in [6.45, 7) is 6.46. The molecule has 0 spiro atoms. The number of ketones is 1. The third kappa shape index (κ3) is 2.06. The first-order chi connectivity index (χ1) is 11.2. The van der Waals surface area contributed by atoms with E-state index in [1.54, 1.807) is 6.92 Å². The molecule has 0 unspecified atom stereocenters. The highest BCUT2D eigenvalue weighted by atomic mass is 16.3. The quantitative estimate of drug-likeness (QED) is 0.768. The van der Waals surface area contributed by atoms with E-state index in [2.05, 4.69) is 13.8 Å². The van der Waals surface area contributed by atoms with Crippen molar-refractivity contribution in [2.24, 2.45) is 34.5 Å². The number of carbonyl (C=O) groups is 1. The van der Waals surface area contributed by atoms with Crippen molar-refractivity contribution in [1.29, 1.82) is 0 Å². The van der Waals surface area contributed by atoms with Crippen molar-refractivity contribution in [1.82, 2.24) is 0 Å². The monoisotopic (exact) mass is 334 g/mol. The fraction of sp³-hybridized carbons (Fsp3) is 0.952. The average molecular weight is 335 g/mol. The maximum absolute atomic E-state index is 12.2. The SMILES string of the molecule is CC(=O)[C@H]1CC[C@H]2[C@@H]3CC[C@]4(O)C[C@H](O)CC[C@]4(C)[C@H]3CC[C@]12C. The molecule has 4 aliphatic carbocycles. The second-order valence-corrected chi connectivity index (χ2v) is 10.0. The lowest BCUT2D eigenvalue weighted by molar-refractivity contribution is -0.219. The van der Waals surface area contributed by atoms with Gasteiger partial charge >= 0.3 is 0 Å². The van der Waals surface area contributed by atoms with Gasteiger partial charge in [-0.25, -0.2) is 0 Å². The Bertz CT molecular complexity index is 545. The van der Waals surface area contributed by atoms with Crippen LogP contribution in [0, 0.1) is 34.5 Å². The Morgan fingerprint density at radius 1 is 0.958 bits per heavy atom. The van der Waals surface area contributed by atoms with Crippen LogP contribution in [-0.2, 0) is 4.79 Å². The van der Waals surface area contributed by atoms with E-state index in [1.165, 1.54) is 6.42 Å². The number of rotatable bonds is 1. The van der Waals surface area contributed by atoms with E-state index in [0.29, 0.717) is 30.0 Å². The van der Waals surface area contributed by atoms with Gasteiger partial charge in [0.15, 0.2) is 0 Å². The molecule has 0 aromatic heterocycles. The van der Waals surface area contributed by atoms with Gasteiger partial charge in [0.2, 0.25) is 0 Å². The Balaban J connectivity index is 1.65. The summed E-state index contributed by atoms with van der Waals surface area (Å²) in [6, 6.07) is 0. The Morgan fingerprint density at radius 3 is 2.42 bits per heavy atom. The van der Waals surface area contributed by atoms with Gasteiger partial charge in [0.25, 0.3) is 0 Å². The fourth-order valence-electron chi connectivity index (χ4n) is 7.90. The van der Waals surface area contributed by atoms with E-state index in [9.17, 15) is 15.0 Å². The van der Waals surface area contributed by atoms with Crippen molar-refractivity contribution in [3.63, 3.8) is 0 Å². The summed E-state index contributed by atoms with van der Waals surface area (Å²) in [5.41, 5.74) is -0.546. The highest BCUT2D eigenvalue weighted by molar-refractivity contribution is 5.79. The van der Waals surface area contributed by atoms with Crippen LogP contribution in [-0.4, -0.2) is 27.7 Å². The van der Waals surface area contributed by atoms with Gasteiger partial charge in [0.1, 0.15) is 5.78 Å². The lowest BCUT2D eigenvalue weighted by Crippen LogP contribution is -2.62. The first kappa shape index (κ1) is 17.0. The van der Waals surface area contributed by atoms with Crippen LogP contribution in [0.5, 0.6) is 0 Å². The van der Waals surface area contributed by atoms with E-state index in [0.717, 1.165) is 44.9 Å². The first-order valence-corrected chi connectivity index (χ1v) is 10.1. The molecule has 24 heavy (non-hydrogen) atoms. The van der Waals surface area contributed by atoms with Crippen LogP contribution in [0.3, 0.4) is 0 Å². The van der Waals surface area contributed by atoms with Crippen LogP contribution in [0.4, 0.5) is 0 Å². The molecule has 0 bridgehead atoms. The second kappa shape index (κ2) is 5.30. The van der Waals surface area contributed by atoms with Gasteiger partial charge in [-0.1, -0.05) is 13.8 Å². The molecule has 4 aliphatic rings. The summed E-state index contributed by atoms with van der Waals surface area (Å²) in [6.07, 6.45) is 8.47. The lowest BCUT2D eigenvalue weighted by Gasteiger charge is -2.63. The van der Waals surface area contributed by atoms with Crippen molar-refractivity contribution < 1.29 is 15.0 Å². The van der Waals surface area contributed by atoms with Crippen molar-refractivity contribution >= 4 is 5.78 Å². The summed E-state index contributed by atoms with van der Waals surface area (Å²) in [4.78, 5) is 12.2. The maximum atomic E-state index is 12.2. The van der Waals surface area contributed by atoms with Crippen molar-refractivity contribution in [3.8, 4) is 0 Å². The van der Waals surface area contributed by atoms with Crippen LogP contribution >= 0.6 is 0 Å². The third-order valence-corrected chi connectivity index (χ3v) is 9.27. The Labute approximate surface area is 146 Å². The topological polar surface area (TPSA) is 57.5 Å². The van der Waals surface area contributed by atoms with Crippen molar-refractivity contribution in [2.75, 3.05) is 0 Å². The molecule has 3 heteroatoms. The highest BCUT2D eigenvalue weighted by Gasteiger charge is 2.64. The third-order valence-electron chi connectivity index (χ3n) is 9.27. The molecule has 2 N–H and O–H groups in total. The first-order valence-electron chi connectivity index (χ1n) is 10.1. The predicted octanol–water partition coefficient (Wildman–Crippen LogP) is 3.71. The van der Waals surface area contributed by atoms with Crippen LogP contribution < -0.4 is 0 Å². The number of Topliss-reactive ketones (excluding diaryl/α,β-unsaturated/α-hetero) is 1. The van der Waals surface area contributed by atoms with E-state index in [4.69, 9.17) is 0 Å². The lowest BCUT2D eigenvalue weighted by atomic mass is 9.43. The minimum Gasteiger partial charge on any atom is -0.393 e. The molecule has 3 nitrogen and oxygen atoms in total. The van der Waals surface area contributed by atoms with Gasteiger partial charge in [-0.3, -0.25) is 4.79 Å². The molecule has 4 rings (SSSR count). The summed E-state index contributed by atoms with van der Waals surface area (Å²) >= 11 is 0. The van der Waals surface area contributed by atoms with Crippen LogP contribution in [0.2, 0.25) is 0 Å². The summed E-state index contributed by atoms with van der Waals surface area (Å²) in [7, 11) is 0. The second-order valence-electron chi connectivity index (χ2n) is 10.0. The molecule has 4 fully saturated rings.